The molecule has 4 nitrogen and oxygen atoms in total. The quantitative estimate of drug-likeness (QED) is 0.554. The molecule has 0 aliphatic heterocycles. The summed E-state index contributed by atoms with van der Waals surface area (Å²) in [5, 5.41) is 10.5. The Morgan fingerprint density at radius 1 is 1.46 bits per heavy atom. The van der Waals surface area contributed by atoms with Crippen molar-refractivity contribution in [2.75, 3.05) is 6.61 Å². The van der Waals surface area contributed by atoms with Crippen LogP contribution in [-0.4, -0.2) is 24.1 Å². The highest BCUT2D eigenvalue weighted by atomic mass is 35.5. The van der Waals surface area contributed by atoms with Gasteiger partial charge in [0.05, 0.1) is 17.2 Å². The molecule has 2 aromatic rings. The van der Waals surface area contributed by atoms with Gasteiger partial charge in [0.15, 0.2) is 6.40 Å². The number of halogens is 4. The molecule has 0 aliphatic carbocycles. The first-order chi connectivity index (χ1) is 11.3. The highest BCUT2D eigenvalue weighted by Gasteiger charge is 2.34. The fraction of sp³-hybridized carbons (Fsp3) is 0.200. The smallest absolute Gasteiger partial charge is 0.417 e. The van der Waals surface area contributed by atoms with Gasteiger partial charge in [-0.05, 0) is 24.6 Å². The van der Waals surface area contributed by atoms with Gasteiger partial charge in [0, 0.05) is 10.9 Å². The minimum absolute atomic E-state index is 0.0956. The van der Waals surface area contributed by atoms with Crippen LogP contribution in [-0.2, 0) is 10.9 Å². The molecule has 1 heterocycles. The largest absolute Gasteiger partial charge is 0.483 e. The second-order valence-electron chi connectivity index (χ2n) is 4.52. The van der Waals surface area contributed by atoms with Gasteiger partial charge in [-0.15, -0.1) is 11.3 Å². The predicted octanol–water partition coefficient (Wildman–Crippen LogP) is 5.48. The molecule has 0 atom stereocenters. The molecular formula is C15H11ClF3NO3S. The van der Waals surface area contributed by atoms with E-state index in [-0.39, 0.29) is 21.7 Å². The maximum absolute atomic E-state index is 13.0. The third-order valence-corrected chi connectivity index (χ3v) is 4.20. The van der Waals surface area contributed by atoms with Crippen molar-refractivity contribution in [3.05, 3.63) is 39.7 Å². The number of hydrogen-bond donors (Lipinski definition) is 1. The van der Waals surface area contributed by atoms with Crippen molar-refractivity contribution in [1.29, 1.82) is 0 Å². The molecule has 1 N–H and O–H groups in total. The standard InChI is InChI=1S/C15H11ClF3NO3S/c1-2-23-7-20-13-12(14(21)22)9(6-24-13)8-3-4-11(16)10(5-8)15(17,18)19/h3-7H,2H2,1H3,(H,21,22)/b20-7+. The summed E-state index contributed by atoms with van der Waals surface area (Å²) in [7, 11) is 0. The maximum Gasteiger partial charge on any atom is 0.417 e. The Morgan fingerprint density at radius 3 is 2.75 bits per heavy atom. The number of thiophene rings is 1. The Labute approximate surface area is 144 Å². The molecule has 9 heteroatoms. The third kappa shape index (κ3) is 3.88. The van der Waals surface area contributed by atoms with E-state index in [1.54, 1.807) is 6.92 Å². The number of nitrogens with zero attached hydrogens (tertiary/aromatic N) is 1. The third-order valence-electron chi connectivity index (χ3n) is 2.98. The lowest BCUT2D eigenvalue weighted by atomic mass is 10.0. The van der Waals surface area contributed by atoms with Gasteiger partial charge in [-0.25, -0.2) is 9.79 Å². The van der Waals surface area contributed by atoms with Gasteiger partial charge < -0.3 is 9.84 Å². The second-order valence-corrected chi connectivity index (χ2v) is 5.78. The summed E-state index contributed by atoms with van der Waals surface area (Å²) in [6.07, 6.45) is -3.53. The molecule has 0 aliphatic rings. The normalized spacial score (nSPS) is 11.9. The summed E-state index contributed by atoms with van der Waals surface area (Å²) in [4.78, 5) is 15.4. The van der Waals surface area contributed by atoms with Crippen LogP contribution in [0.4, 0.5) is 18.2 Å². The molecule has 1 aromatic carbocycles. The number of carboxylic acid groups (broad SMARTS) is 1. The van der Waals surface area contributed by atoms with Crippen LogP contribution in [0.2, 0.25) is 5.02 Å². The van der Waals surface area contributed by atoms with Crippen LogP contribution in [0.25, 0.3) is 11.1 Å². The average molecular weight is 378 g/mol. The Morgan fingerprint density at radius 2 is 2.17 bits per heavy atom. The lowest BCUT2D eigenvalue weighted by molar-refractivity contribution is -0.137. The predicted molar refractivity (Wildman–Crippen MR) is 86.5 cm³/mol. The molecule has 1 aromatic heterocycles. The van der Waals surface area contributed by atoms with Crippen LogP contribution >= 0.6 is 22.9 Å². The van der Waals surface area contributed by atoms with Crippen molar-refractivity contribution >= 4 is 40.3 Å². The molecular weight excluding hydrogens is 367 g/mol. The average Bonchev–Trinajstić information content (AvgIpc) is 2.91. The van der Waals surface area contributed by atoms with Gasteiger partial charge in [0.2, 0.25) is 0 Å². The zero-order valence-corrected chi connectivity index (χ0v) is 13.8. The summed E-state index contributed by atoms with van der Waals surface area (Å²) in [6, 6.07) is 3.25. The summed E-state index contributed by atoms with van der Waals surface area (Å²) < 4.78 is 43.9. The number of rotatable bonds is 5. The van der Waals surface area contributed by atoms with E-state index in [2.05, 4.69) is 4.99 Å². The van der Waals surface area contributed by atoms with Crippen molar-refractivity contribution < 1.29 is 27.8 Å². The van der Waals surface area contributed by atoms with Crippen LogP contribution in [0.3, 0.4) is 0 Å². The number of carbonyl (C=O) groups is 1. The van der Waals surface area contributed by atoms with Crippen molar-refractivity contribution in [3.63, 3.8) is 0 Å². The van der Waals surface area contributed by atoms with E-state index in [4.69, 9.17) is 16.3 Å². The zero-order chi connectivity index (χ0) is 17.9. The lowest BCUT2D eigenvalue weighted by Gasteiger charge is -2.11. The zero-order valence-electron chi connectivity index (χ0n) is 12.2. The summed E-state index contributed by atoms with van der Waals surface area (Å²) in [6.45, 7) is 2.09. The minimum atomic E-state index is -4.64. The molecule has 128 valence electrons. The van der Waals surface area contributed by atoms with Gasteiger partial charge in [-0.2, -0.15) is 13.2 Å². The fourth-order valence-electron chi connectivity index (χ4n) is 1.93. The number of ether oxygens (including phenoxy) is 1. The van der Waals surface area contributed by atoms with Crippen molar-refractivity contribution in [2.24, 2.45) is 4.99 Å². The van der Waals surface area contributed by atoms with Crippen LogP contribution in [0, 0.1) is 0 Å². The summed E-state index contributed by atoms with van der Waals surface area (Å²) in [5.74, 6) is -1.29. The Kier molecular flexibility index (Phi) is 5.51. The molecule has 0 bridgehead atoms. The lowest BCUT2D eigenvalue weighted by Crippen LogP contribution is -2.06. The van der Waals surface area contributed by atoms with Crippen LogP contribution in [0.1, 0.15) is 22.8 Å². The van der Waals surface area contributed by atoms with Gasteiger partial charge >= 0.3 is 12.1 Å². The highest BCUT2D eigenvalue weighted by Crippen LogP contribution is 2.41. The summed E-state index contributed by atoms with van der Waals surface area (Å²) in [5.41, 5.74) is -0.980. The number of benzene rings is 1. The van der Waals surface area contributed by atoms with E-state index >= 15 is 0 Å². The molecule has 2 rings (SSSR count). The fourth-order valence-corrected chi connectivity index (χ4v) is 3.06. The molecule has 0 amide bonds. The van der Waals surface area contributed by atoms with Gasteiger partial charge in [-0.3, -0.25) is 0 Å². The number of aromatic carboxylic acids is 1. The first kappa shape index (κ1) is 18.3. The van der Waals surface area contributed by atoms with E-state index in [9.17, 15) is 23.1 Å². The number of aliphatic imine (C=N–C) groups is 1. The van der Waals surface area contributed by atoms with Gasteiger partial charge in [0.25, 0.3) is 0 Å². The Balaban J connectivity index is 2.55. The minimum Gasteiger partial charge on any atom is -0.483 e. The maximum atomic E-state index is 13.0. The van der Waals surface area contributed by atoms with Crippen LogP contribution in [0.5, 0.6) is 0 Å². The van der Waals surface area contributed by atoms with E-state index < -0.39 is 22.7 Å². The molecule has 0 spiro atoms. The van der Waals surface area contributed by atoms with E-state index in [0.717, 1.165) is 29.9 Å². The molecule has 0 unspecified atom stereocenters. The van der Waals surface area contributed by atoms with Crippen molar-refractivity contribution in [2.45, 2.75) is 13.1 Å². The van der Waals surface area contributed by atoms with Crippen molar-refractivity contribution in [3.8, 4) is 11.1 Å². The monoisotopic (exact) mass is 377 g/mol. The Bertz CT molecular complexity index is 787. The SMILES string of the molecule is CCO/C=N/c1scc(-c2ccc(Cl)c(C(F)(F)F)c2)c1C(=O)O. The summed E-state index contributed by atoms with van der Waals surface area (Å²) >= 11 is 6.58. The molecule has 0 saturated heterocycles. The van der Waals surface area contributed by atoms with Gasteiger partial charge in [0.1, 0.15) is 10.6 Å². The molecule has 0 radical (unpaired) electrons. The van der Waals surface area contributed by atoms with Crippen molar-refractivity contribution in [1.82, 2.24) is 0 Å². The molecule has 0 saturated carbocycles. The van der Waals surface area contributed by atoms with Gasteiger partial charge in [-0.1, -0.05) is 17.7 Å². The number of carboxylic acids is 1. The highest BCUT2D eigenvalue weighted by molar-refractivity contribution is 7.14. The van der Waals surface area contributed by atoms with Crippen LogP contribution < -0.4 is 0 Å². The van der Waals surface area contributed by atoms with E-state index in [1.165, 1.54) is 11.4 Å². The first-order valence-corrected chi connectivity index (χ1v) is 7.87. The topological polar surface area (TPSA) is 58.9 Å². The first-order valence-electron chi connectivity index (χ1n) is 6.61. The van der Waals surface area contributed by atoms with E-state index in [1.807, 2.05) is 0 Å². The second kappa shape index (κ2) is 7.23. The molecule has 24 heavy (non-hydrogen) atoms. The van der Waals surface area contributed by atoms with E-state index in [0.29, 0.717) is 6.61 Å². The number of hydrogen-bond acceptors (Lipinski definition) is 4. The number of alkyl halides is 3. The molecule has 0 fully saturated rings. The van der Waals surface area contributed by atoms with Crippen LogP contribution in [0.15, 0.2) is 28.6 Å². The Hall–Kier alpha value is -2.06.